The summed E-state index contributed by atoms with van der Waals surface area (Å²) >= 11 is 0. The van der Waals surface area contributed by atoms with Crippen LogP contribution in [-0.4, -0.2) is 41.8 Å². The van der Waals surface area contributed by atoms with Crippen molar-refractivity contribution in [2.45, 2.75) is 64.6 Å². The van der Waals surface area contributed by atoms with Crippen molar-refractivity contribution >= 4 is 11.9 Å². The molecule has 1 aromatic rings. The lowest BCUT2D eigenvalue weighted by Crippen LogP contribution is -2.34. The standard InChI is InChI=1S/C21H31FN4O3/c1-14-13-16(6-7-17(14)18(23)27)28-12-4-5-15-8-10-26(11-9-15)20-24-19(29-25-20)21(2,3)22/h7,13,15-16H,4-6,8-12H2,1-3H3,(H2,23,27). The number of carbonyl (C=O) groups excluding carboxylic acids is 1. The molecule has 160 valence electrons. The summed E-state index contributed by atoms with van der Waals surface area (Å²) in [5.41, 5.74) is 5.22. The summed E-state index contributed by atoms with van der Waals surface area (Å²) in [4.78, 5) is 17.6. The van der Waals surface area contributed by atoms with Crippen molar-refractivity contribution in [2.75, 3.05) is 24.6 Å². The maximum Gasteiger partial charge on any atom is 0.266 e. The normalized spacial score (nSPS) is 21.1. The first-order chi connectivity index (χ1) is 13.7. The Morgan fingerprint density at radius 3 is 2.72 bits per heavy atom. The van der Waals surface area contributed by atoms with Crippen molar-refractivity contribution in [3.05, 3.63) is 29.2 Å². The van der Waals surface area contributed by atoms with E-state index in [1.807, 2.05) is 19.1 Å². The topological polar surface area (TPSA) is 94.5 Å². The Kier molecular flexibility index (Phi) is 6.72. The number of primary amides is 1. The lowest BCUT2D eigenvalue weighted by atomic mass is 9.92. The fourth-order valence-electron chi connectivity index (χ4n) is 3.86. The number of halogens is 1. The highest BCUT2D eigenvalue weighted by Gasteiger charge is 2.29. The minimum Gasteiger partial charge on any atom is -0.374 e. The molecule has 1 aliphatic carbocycles. The van der Waals surface area contributed by atoms with Crippen molar-refractivity contribution in [1.82, 2.24) is 10.1 Å². The third-order valence-corrected chi connectivity index (χ3v) is 5.59. The van der Waals surface area contributed by atoms with Gasteiger partial charge in [0.2, 0.25) is 5.91 Å². The fourth-order valence-corrected chi connectivity index (χ4v) is 3.86. The van der Waals surface area contributed by atoms with E-state index in [-0.39, 0.29) is 17.9 Å². The Morgan fingerprint density at radius 2 is 2.14 bits per heavy atom. The molecular formula is C21H31FN4O3. The Morgan fingerprint density at radius 1 is 1.41 bits per heavy atom. The molecule has 2 N–H and O–H groups in total. The number of ether oxygens (including phenoxy) is 1. The molecule has 1 saturated heterocycles. The quantitative estimate of drug-likeness (QED) is 0.665. The van der Waals surface area contributed by atoms with E-state index in [0.29, 0.717) is 30.5 Å². The number of hydrogen-bond donors (Lipinski definition) is 1. The van der Waals surface area contributed by atoms with Crippen LogP contribution in [0, 0.1) is 5.92 Å². The Balaban J connectivity index is 1.35. The number of hydrogen-bond acceptors (Lipinski definition) is 6. The molecule has 0 saturated carbocycles. The number of nitrogens with two attached hydrogens (primary N) is 1. The average molecular weight is 407 g/mol. The number of anilines is 1. The van der Waals surface area contributed by atoms with Gasteiger partial charge in [0.15, 0.2) is 5.67 Å². The molecule has 2 heterocycles. The SMILES string of the molecule is CC1=CC(OCCCC2CCN(c3noc(C(C)(C)F)n3)CC2)CC=C1C(N)=O. The average Bonchev–Trinajstić information content (AvgIpc) is 3.16. The third kappa shape index (κ3) is 5.65. The smallest absolute Gasteiger partial charge is 0.266 e. The highest BCUT2D eigenvalue weighted by molar-refractivity contribution is 5.96. The Bertz CT molecular complexity index is 773. The van der Waals surface area contributed by atoms with E-state index >= 15 is 0 Å². The van der Waals surface area contributed by atoms with Gasteiger partial charge in [-0.3, -0.25) is 4.79 Å². The van der Waals surface area contributed by atoms with Gasteiger partial charge in [-0.1, -0.05) is 12.2 Å². The summed E-state index contributed by atoms with van der Waals surface area (Å²) in [5.74, 6) is 0.768. The second kappa shape index (κ2) is 9.07. The summed E-state index contributed by atoms with van der Waals surface area (Å²) in [7, 11) is 0. The first-order valence-electron chi connectivity index (χ1n) is 10.3. The lowest BCUT2D eigenvalue weighted by molar-refractivity contribution is -0.114. The first kappa shape index (κ1) is 21.5. The summed E-state index contributed by atoms with van der Waals surface area (Å²) in [6.45, 7) is 7.12. The molecule has 0 bridgehead atoms. The van der Waals surface area contributed by atoms with E-state index in [1.165, 1.54) is 13.8 Å². The van der Waals surface area contributed by atoms with Gasteiger partial charge in [0.1, 0.15) is 0 Å². The number of rotatable bonds is 8. The van der Waals surface area contributed by atoms with Crippen molar-refractivity contribution in [2.24, 2.45) is 11.7 Å². The van der Waals surface area contributed by atoms with E-state index < -0.39 is 5.67 Å². The third-order valence-electron chi connectivity index (χ3n) is 5.59. The first-order valence-corrected chi connectivity index (χ1v) is 10.3. The van der Waals surface area contributed by atoms with Gasteiger partial charge < -0.3 is 19.9 Å². The molecule has 1 amide bonds. The number of amides is 1. The number of piperidine rings is 1. The van der Waals surface area contributed by atoms with E-state index in [2.05, 4.69) is 15.0 Å². The summed E-state index contributed by atoms with van der Waals surface area (Å²) < 4.78 is 24.9. The maximum absolute atomic E-state index is 13.9. The lowest BCUT2D eigenvalue weighted by Gasteiger charge is -2.31. The zero-order valence-electron chi connectivity index (χ0n) is 17.5. The zero-order chi connectivity index (χ0) is 21.0. The number of carbonyl (C=O) groups is 1. The van der Waals surface area contributed by atoms with Gasteiger partial charge in [-0.2, -0.15) is 4.98 Å². The predicted molar refractivity (Wildman–Crippen MR) is 108 cm³/mol. The molecule has 1 aliphatic heterocycles. The molecule has 0 aromatic carbocycles. The zero-order valence-corrected chi connectivity index (χ0v) is 17.5. The molecule has 3 rings (SSSR count). The molecule has 0 spiro atoms. The van der Waals surface area contributed by atoms with E-state index in [9.17, 15) is 9.18 Å². The van der Waals surface area contributed by atoms with Gasteiger partial charge >= 0.3 is 0 Å². The van der Waals surface area contributed by atoms with Gasteiger partial charge in [-0.15, -0.1) is 0 Å². The Labute approximate surface area is 171 Å². The van der Waals surface area contributed by atoms with E-state index in [1.54, 1.807) is 0 Å². The van der Waals surface area contributed by atoms with E-state index in [0.717, 1.165) is 44.3 Å². The molecule has 1 aromatic heterocycles. The van der Waals surface area contributed by atoms with Crippen molar-refractivity contribution in [3.63, 3.8) is 0 Å². The van der Waals surface area contributed by atoms with Crippen LogP contribution in [0.25, 0.3) is 0 Å². The molecule has 29 heavy (non-hydrogen) atoms. The molecule has 0 radical (unpaired) electrons. The van der Waals surface area contributed by atoms with Gasteiger partial charge in [-0.05, 0) is 69.5 Å². The van der Waals surface area contributed by atoms with Crippen LogP contribution in [0.4, 0.5) is 10.3 Å². The van der Waals surface area contributed by atoms with Crippen molar-refractivity contribution < 1.29 is 18.4 Å². The minimum absolute atomic E-state index is 0.0205. The highest BCUT2D eigenvalue weighted by atomic mass is 19.1. The van der Waals surface area contributed by atoms with Crippen LogP contribution in [-0.2, 0) is 15.2 Å². The van der Waals surface area contributed by atoms with Crippen LogP contribution in [0.1, 0.15) is 58.8 Å². The van der Waals surface area contributed by atoms with Crippen molar-refractivity contribution in [3.8, 4) is 0 Å². The largest absolute Gasteiger partial charge is 0.374 e. The Hall–Kier alpha value is -2.22. The van der Waals surface area contributed by atoms with Crippen LogP contribution in [0.2, 0.25) is 0 Å². The highest BCUT2D eigenvalue weighted by Crippen LogP contribution is 2.28. The van der Waals surface area contributed by atoms with Gasteiger partial charge in [-0.25, -0.2) is 4.39 Å². The number of aromatic nitrogens is 2. The fraction of sp³-hybridized carbons (Fsp3) is 0.667. The second-order valence-electron chi connectivity index (χ2n) is 8.42. The van der Waals surface area contributed by atoms with Gasteiger partial charge in [0.25, 0.3) is 11.8 Å². The van der Waals surface area contributed by atoms with Gasteiger partial charge in [0, 0.05) is 25.3 Å². The molecule has 7 nitrogen and oxygen atoms in total. The summed E-state index contributed by atoms with van der Waals surface area (Å²) in [5, 5.41) is 3.92. The summed E-state index contributed by atoms with van der Waals surface area (Å²) in [6.07, 6.45) is 8.78. The van der Waals surface area contributed by atoms with Crippen LogP contribution < -0.4 is 10.6 Å². The molecule has 1 atom stereocenters. The molecular weight excluding hydrogens is 375 g/mol. The van der Waals surface area contributed by atoms with Crippen LogP contribution in [0.3, 0.4) is 0 Å². The van der Waals surface area contributed by atoms with Crippen LogP contribution in [0.15, 0.2) is 27.8 Å². The van der Waals surface area contributed by atoms with Gasteiger partial charge in [0.05, 0.1) is 6.10 Å². The van der Waals surface area contributed by atoms with Crippen LogP contribution >= 0.6 is 0 Å². The molecule has 8 heteroatoms. The molecule has 1 unspecified atom stereocenters. The number of alkyl halides is 1. The predicted octanol–water partition coefficient (Wildman–Crippen LogP) is 3.42. The van der Waals surface area contributed by atoms with E-state index in [4.69, 9.17) is 15.0 Å². The minimum atomic E-state index is -1.62. The number of nitrogens with zero attached hydrogens (tertiary/aromatic N) is 3. The van der Waals surface area contributed by atoms with Crippen molar-refractivity contribution in [1.29, 1.82) is 0 Å². The second-order valence-corrected chi connectivity index (χ2v) is 8.42. The molecule has 2 aliphatic rings. The molecule has 1 fully saturated rings. The maximum atomic E-state index is 13.9. The summed E-state index contributed by atoms with van der Waals surface area (Å²) in [6, 6.07) is 0. The van der Waals surface area contributed by atoms with Crippen LogP contribution in [0.5, 0.6) is 0 Å². The monoisotopic (exact) mass is 406 g/mol.